The smallest absolute Gasteiger partial charge is 0.243 e. The molecule has 1 atom stereocenters. The zero-order valence-electron chi connectivity index (χ0n) is 15.4. The Bertz CT molecular complexity index is 866. The molecule has 0 bridgehead atoms. The van der Waals surface area contributed by atoms with Gasteiger partial charge in [-0.3, -0.25) is 4.79 Å². The Hall–Kier alpha value is -1.06. The maximum absolute atomic E-state index is 13.0. The van der Waals surface area contributed by atoms with Crippen LogP contribution in [0.1, 0.15) is 19.3 Å². The van der Waals surface area contributed by atoms with Gasteiger partial charge in [0.2, 0.25) is 15.9 Å². The highest BCUT2D eigenvalue weighted by atomic mass is 35.5. The fourth-order valence-corrected chi connectivity index (χ4v) is 5.60. The second kappa shape index (κ2) is 7.65. The molecule has 2 aliphatic heterocycles. The lowest BCUT2D eigenvalue weighted by Crippen LogP contribution is -2.40. The van der Waals surface area contributed by atoms with Gasteiger partial charge in [0, 0.05) is 26.2 Å². The molecule has 28 heavy (non-hydrogen) atoms. The van der Waals surface area contributed by atoms with Crippen molar-refractivity contribution in [1.29, 1.82) is 0 Å². The molecule has 10 heteroatoms. The fourth-order valence-electron chi connectivity index (χ4n) is 3.66. The zero-order chi connectivity index (χ0) is 19.9. The number of hydrogen-bond acceptors (Lipinski definition) is 5. The molecule has 7 nitrogen and oxygen atoms in total. The SMILES string of the molecule is O=C(Nc1cc(S(=O)(=O)N2CCOCC2)ccc1N1CCCC1)C1CC1(Cl)Cl. The lowest BCUT2D eigenvalue weighted by atomic mass is 10.2. The summed E-state index contributed by atoms with van der Waals surface area (Å²) in [5.41, 5.74) is 1.31. The van der Waals surface area contributed by atoms with Crippen LogP contribution < -0.4 is 10.2 Å². The minimum absolute atomic E-state index is 0.159. The van der Waals surface area contributed by atoms with Crippen LogP contribution in [0.3, 0.4) is 0 Å². The van der Waals surface area contributed by atoms with Crippen LogP contribution in [0.15, 0.2) is 23.1 Å². The van der Waals surface area contributed by atoms with Crippen LogP contribution in [0.5, 0.6) is 0 Å². The lowest BCUT2D eigenvalue weighted by Gasteiger charge is -2.27. The maximum Gasteiger partial charge on any atom is 0.243 e. The highest BCUT2D eigenvalue weighted by Gasteiger charge is 2.56. The molecule has 2 saturated heterocycles. The third-order valence-electron chi connectivity index (χ3n) is 5.42. The van der Waals surface area contributed by atoms with Crippen LogP contribution >= 0.6 is 23.2 Å². The second-order valence-electron chi connectivity index (χ2n) is 7.40. The van der Waals surface area contributed by atoms with E-state index in [1.165, 1.54) is 4.31 Å². The van der Waals surface area contributed by atoms with Gasteiger partial charge in [-0.2, -0.15) is 4.31 Å². The molecule has 4 rings (SSSR count). The topological polar surface area (TPSA) is 79.0 Å². The van der Waals surface area contributed by atoms with Gasteiger partial charge in [-0.05, 0) is 37.5 Å². The number of ether oxygens (including phenoxy) is 1. The molecule has 0 radical (unpaired) electrons. The predicted molar refractivity (Wildman–Crippen MR) is 109 cm³/mol. The Balaban J connectivity index is 1.64. The third-order valence-corrected chi connectivity index (χ3v) is 8.15. The average Bonchev–Trinajstić information content (AvgIpc) is 3.07. The van der Waals surface area contributed by atoms with Crippen LogP contribution in [0, 0.1) is 5.92 Å². The summed E-state index contributed by atoms with van der Waals surface area (Å²) in [5.74, 6) is -0.770. The van der Waals surface area contributed by atoms with E-state index in [1.54, 1.807) is 18.2 Å². The summed E-state index contributed by atoms with van der Waals surface area (Å²) < 4.78 is 31.7. The number of alkyl halides is 2. The molecule has 1 N–H and O–H groups in total. The molecule has 1 aliphatic carbocycles. The molecule has 0 spiro atoms. The Morgan fingerprint density at radius 3 is 2.39 bits per heavy atom. The monoisotopic (exact) mass is 447 g/mol. The number of morpholine rings is 1. The van der Waals surface area contributed by atoms with Gasteiger partial charge in [-0.25, -0.2) is 8.42 Å². The van der Waals surface area contributed by atoms with Gasteiger partial charge in [0.1, 0.15) is 4.33 Å². The van der Waals surface area contributed by atoms with Gasteiger partial charge >= 0.3 is 0 Å². The Morgan fingerprint density at radius 1 is 1.14 bits per heavy atom. The lowest BCUT2D eigenvalue weighted by molar-refractivity contribution is -0.117. The van der Waals surface area contributed by atoms with Crippen molar-refractivity contribution >= 4 is 50.5 Å². The summed E-state index contributed by atoms with van der Waals surface area (Å²) in [7, 11) is -3.66. The highest BCUT2D eigenvalue weighted by molar-refractivity contribution is 7.89. The molecule has 1 saturated carbocycles. The first-order valence-electron chi connectivity index (χ1n) is 9.45. The average molecular weight is 448 g/mol. The highest BCUT2D eigenvalue weighted by Crippen LogP contribution is 2.53. The molecule has 1 aromatic rings. The third kappa shape index (κ3) is 3.98. The summed E-state index contributed by atoms with van der Waals surface area (Å²) in [6.07, 6.45) is 2.53. The van der Waals surface area contributed by atoms with E-state index >= 15 is 0 Å². The number of rotatable bonds is 5. The van der Waals surface area contributed by atoms with Crippen molar-refractivity contribution in [3.63, 3.8) is 0 Å². The number of anilines is 2. The van der Waals surface area contributed by atoms with Crippen molar-refractivity contribution in [2.24, 2.45) is 5.92 Å². The summed E-state index contributed by atoms with van der Waals surface area (Å²) in [4.78, 5) is 14.9. The van der Waals surface area contributed by atoms with E-state index in [4.69, 9.17) is 27.9 Å². The van der Waals surface area contributed by atoms with E-state index in [2.05, 4.69) is 10.2 Å². The number of hydrogen-bond donors (Lipinski definition) is 1. The number of carbonyl (C=O) groups excluding carboxylic acids is 1. The number of halogens is 2. The van der Waals surface area contributed by atoms with Crippen molar-refractivity contribution in [1.82, 2.24) is 4.31 Å². The number of nitrogens with one attached hydrogen (secondary N) is 1. The van der Waals surface area contributed by atoms with E-state index in [9.17, 15) is 13.2 Å². The molecule has 3 fully saturated rings. The zero-order valence-corrected chi connectivity index (χ0v) is 17.7. The minimum Gasteiger partial charge on any atom is -0.379 e. The van der Waals surface area contributed by atoms with Gasteiger partial charge in [-0.15, -0.1) is 23.2 Å². The Morgan fingerprint density at radius 2 is 1.79 bits per heavy atom. The number of nitrogens with zero attached hydrogens (tertiary/aromatic N) is 2. The van der Waals surface area contributed by atoms with E-state index < -0.39 is 20.3 Å². The largest absolute Gasteiger partial charge is 0.379 e. The van der Waals surface area contributed by atoms with Gasteiger partial charge in [0.25, 0.3) is 0 Å². The Kier molecular flexibility index (Phi) is 5.52. The van der Waals surface area contributed by atoms with Crippen LogP contribution in [0.4, 0.5) is 11.4 Å². The second-order valence-corrected chi connectivity index (χ2v) is 10.9. The van der Waals surface area contributed by atoms with Crippen molar-refractivity contribution in [2.75, 3.05) is 49.6 Å². The quantitative estimate of drug-likeness (QED) is 0.701. The van der Waals surface area contributed by atoms with E-state index in [0.717, 1.165) is 31.6 Å². The van der Waals surface area contributed by atoms with Crippen LogP contribution in [-0.4, -0.2) is 62.4 Å². The summed E-state index contributed by atoms with van der Waals surface area (Å²) in [5, 5.41) is 2.86. The number of sulfonamides is 1. The molecule has 1 amide bonds. The summed E-state index contributed by atoms with van der Waals surface area (Å²) in [6, 6.07) is 4.93. The molecule has 2 heterocycles. The molecule has 154 valence electrons. The van der Waals surface area contributed by atoms with Gasteiger partial charge in [0.15, 0.2) is 0 Å². The number of amides is 1. The molecule has 3 aliphatic rings. The number of carbonyl (C=O) groups is 1. The first kappa shape index (κ1) is 20.2. The van der Waals surface area contributed by atoms with Crippen molar-refractivity contribution < 1.29 is 17.9 Å². The molecule has 1 aromatic carbocycles. The maximum atomic E-state index is 13.0. The molecule has 0 aromatic heterocycles. The molecule has 1 unspecified atom stereocenters. The van der Waals surface area contributed by atoms with Gasteiger partial charge in [0.05, 0.1) is 35.4 Å². The van der Waals surface area contributed by atoms with Crippen molar-refractivity contribution in [2.45, 2.75) is 28.5 Å². The molecular weight excluding hydrogens is 425 g/mol. The van der Waals surface area contributed by atoms with Crippen LogP contribution in [0.2, 0.25) is 0 Å². The van der Waals surface area contributed by atoms with Crippen molar-refractivity contribution in [3.8, 4) is 0 Å². The van der Waals surface area contributed by atoms with E-state index in [-0.39, 0.29) is 10.8 Å². The van der Waals surface area contributed by atoms with E-state index in [1.807, 2.05) is 0 Å². The first-order chi connectivity index (χ1) is 13.3. The van der Waals surface area contributed by atoms with Crippen LogP contribution in [0.25, 0.3) is 0 Å². The first-order valence-corrected chi connectivity index (χ1v) is 11.6. The molecular formula is C18H23Cl2N3O4S. The van der Waals surface area contributed by atoms with E-state index in [0.29, 0.717) is 38.4 Å². The van der Waals surface area contributed by atoms with Gasteiger partial charge in [-0.1, -0.05) is 0 Å². The predicted octanol–water partition coefficient (Wildman–Crippen LogP) is 2.44. The summed E-state index contributed by atoms with van der Waals surface area (Å²) in [6.45, 7) is 3.14. The minimum atomic E-state index is -3.66. The summed E-state index contributed by atoms with van der Waals surface area (Å²) >= 11 is 12.0. The normalized spacial score (nSPS) is 24.9. The van der Waals surface area contributed by atoms with Crippen LogP contribution in [-0.2, 0) is 19.6 Å². The number of benzene rings is 1. The van der Waals surface area contributed by atoms with Gasteiger partial charge < -0.3 is 15.0 Å². The Labute approximate surface area is 175 Å². The standard InChI is InChI=1S/C18H23Cl2N3O4S/c19-18(20)12-14(18)17(24)21-15-11-13(3-4-16(15)22-5-1-2-6-22)28(25,26)23-7-9-27-10-8-23/h3-4,11,14H,1-2,5-10,12H2,(H,21,24). The van der Waals surface area contributed by atoms with Crippen molar-refractivity contribution in [3.05, 3.63) is 18.2 Å². The fraction of sp³-hybridized carbons (Fsp3) is 0.611.